The first-order valence-corrected chi connectivity index (χ1v) is 10.9. The number of amides is 1. The van der Waals surface area contributed by atoms with Crippen molar-refractivity contribution in [3.05, 3.63) is 65.8 Å². The van der Waals surface area contributed by atoms with Gasteiger partial charge in [-0.25, -0.2) is 9.97 Å². The van der Waals surface area contributed by atoms with E-state index < -0.39 is 0 Å². The Morgan fingerprint density at radius 3 is 2.68 bits per heavy atom. The quantitative estimate of drug-likeness (QED) is 0.404. The zero-order valence-electron chi connectivity index (χ0n) is 19.6. The third-order valence-corrected chi connectivity index (χ3v) is 5.40. The highest BCUT2D eigenvalue weighted by atomic mass is 16.3. The topological polar surface area (TPSA) is 128 Å². The number of ketones is 1. The van der Waals surface area contributed by atoms with Crippen LogP contribution >= 0.6 is 0 Å². The normalized spacial score (nSPS) is 11.7. The van der Waals surface area contributed by atoms with Crippen LogP contribution in [0, 0.1) is 0 Å². The predicted octanol–water partition coefficient (Wildman–Crippen LogP) is 2.26. The van der Waals surface area contributed by atoms with Crippen LogP contribution < -0.4 is 5.32 Å². The Morgan fingerprint density at radius 1 is 1.18 bits per heavy atom. The zero-order valence-corrected chi connectivity index (χ0v) is 19.6. The largest absolute Gasteiger partial charge is 0.395 e. The van der Waals surface area contributed by atoms with Gasteiger partial charge in [-0.2, -0.15) is 5.10 Å². The van der Waals surface area contributed by atoms with Gasteiger partial charge in [0.1, 0.15) is 11.6 Å². The van der Waals surface area contributed by atoms with Gasteiger partial charge in [0.2, 0.25) is 5.91 Å². The summed E-state index contributed by atoms with van der Waals surface area (Å²) in [7, 11) is 1.75. The maximum absolute atomic E-state index is 13.3. The first-order valence-electron chi connectivity index (χ1n) is 10.9. The second-order valence-corrected chi connectivity index (χ2v) is 9.06. The summed E-state index contributed by atoms with van der Waals surface area (Å²) in [6.07, 6.45) is 6.50. The molecule has 4 heterocycles. The molecular weight excluding hydrogens is 434 g/mol. The van der Waals surface area contributed by atoms with Crippen LogP contribution in [0.4, 0.5) is 5.82 Å². The minimum atomic E-state index is -0.309. The van der Waals surface area contributed by atoms with Crippen LogP contribution in [-0.4, -0.2) is 52.7 Å². The van der Waals surface area contributed by atoms with E-state index in [1.54, 1.807) is 48.5 Å². The van der Waals surface area contributed by atoms with Crippen LogP contribution in [0.5, 0.6) is 0 Å². The lowest BCUT2D eigenvalue weighted by Gasteiger charge is -2.12. The minimum Gasteiger partial charge on any atom is -0.395 e. The van der Waals surface area contributed by atoms with Gasteiger partial charge in [0.25, 0.3) is 0 Å². The summed E-state index contributed by atoms with van der Waals surface area (Å²) in [6, 6.07) is 4.95. The molecule has 0 saturated heterocycles. The molecule has 4 aromatic rings. The highest BCUT2D eigenvalue weighted by Gasteiger charge is 2.22. The van der Waals surface area contributed by atoms with Crippen LogP contribution in [0.2, 0.25) is 0 Å². The Labute approximate surface area is 196 Å². The van der Waals surface area contributed by atoms with Crippen molar-refractivity contribution in [2.24, 2.45) is 7.05 Å². The standard InChI is InChI=1S/C24H27N7O3/c1-24(2,3)23-28-20(30(4)29-23)12-21(33)27-19-11-15(5-8-26-19)22(34)17-14-31(9-10-32)18-6-7-25-13-16(17)18/h5-8,11,13-14,32H,9-10,12H2,1-4H3,(H,26,27,33). The smallest absolute Gasteiger partial charge is 0.233 e. The number of aromatic nitrogens is 6. The van der Waals surface area contributed by atoms with Gasteiger partial charge in [-0.15, -0.1) is 0 Å². The molecule has 0 saturated carbocycles. The fraction of sp³-hybridized carbons (Fsp3) is 0.333. The molecule has 4 aromatic heterocycles. The number of nitrogens with one attached hydrogen (secondary N) is 1. The molecule has 10 heteroatoms. The molecule has 0 atom stereocenters. The molecule has 2 N–H and O–H groups in total. The van der Waals surface area contributed by atoms with Crippen molar-refractivity contribution < 1.29 is 14.7 Å². The molecular formula is C24H27N7O3. The van der Waals surface area contributed by atoms with Crippen molar-refractivity contribution in [3.63, 3.8) is 0 Å². The van der Waals surface area contributed by atoms with Crippen molar-refractivity contribution in [1.82, 2.24) is 29.3 Å². The fourth-order valence-corrected chi connectivity index (χ4v) is 3.63. The van der Waals surface area contributed by atoms with Gasteiger partial charge in [0.05, 0.1) is 18.5 Å². The Hall–Kier alpha value is -3.92. The fourth-order valence-electron chi connectivity index (χ4n) is 3.63. The van der Waals surface area contributed by atoms with Gasteiger partial charge in [-0.1, -0.05) is 20.8 Å². The van der Waals surface area contributed by atoms with Crippen LogP contribution in [0.15, 0.2) is 43.0 Å². The first kappa shape index (κ1) is 23.2. The van der Waals surface area contributed by atoms with E-state index in [2.05, 4.69) is 25.4 Å². The molecule has 0 radical (unpaired) electrons. The molecule has 0 aliphatic rings. The van der Waals surface area contributed by atoms with Gasteiger partial charge >= 0.3 is 0 Å². The molecule has 10 nitrogen and oxygen atoms in total. The number of aliphatic hydroxyl groups is 1. The van der Waals surface area contributed by atoms with Crippen molar-refractivity contribution in [2.45, 2.75) is 39.2 Å². The van der Waals surface area contributed by atoms with E-state index in [4.69, 9.17) is 0 Å². The third-order valence-electron chi connectivity index (χ3n) is 5.40. The predicted molar refractivity (Wildman–Crippen MR) is 127 cm³/mol. The molecule has 176 valence electrons. The maximum atomic E-state index is 13.3. The molecule has 1 amide bonds. The molecule has 0 aliphatic heterocycles. The Kier molecular flexibility index (Phi) is 6.25. The Balaban J connectivity index is 1.54. The molecule has 0 fully saturated rings. The summed E-state index contributed by atoms with van der Waals surface area (Å²) < 4.78 is 3.42. The van der Waals surface area contributed by atoms with Crippen molar-refractivity contribution in [3.8, 4) is 0 Å². The number of nitrogens with zero attached hydrogens (tertiary/aromatic N) is 6. The highest BCUT2D eigenvalue weighted by Crippen LogP contribution is 2.24. The van der Waals surface area contributed by atoms with Crippen molar-refractivity contribution in [1.29, 1.82) is 0 Å². The average Bonchev–Trinajstić information content (AvgIpc) is 3.34. The summed E-state index contributed by atoms with van der Waals surface area (Å²) in [4.78, 5) is 38.7. The molecule has 0 spiro atoms. The zero-order chi connectivity index (χ0) is 24.5. The SMILES string of the molecule is Cn1nc(C(C)(C)C)nc1CC(=O)Nc1cc(C(=O)c2cn(CCO)c3ccncc23)ccn1. The highest BCUT2D eigenvalue weighted by molar-refractivity contribution is 6.16. The number of hydrogen-bond acceptors (Lipinski definition) is 7. The van der Waals surface area contributed by atoms with Crippen molar-refractivity contribution >= 4 is 28.4 Å². The number of rotatable bonds is 7. The lowest BCUT2D eigenvalue weighted by molar-refractivity contribution is -0.115. The van der Waals surface area contributed by atoms with Gasteiger partial charge in [0, 0.05) is 60.3 Å². The number of carbonyl (C=O) groups excluding carboxylic acids is 2. The molecule has 0 bridgehead atoms. The number of aliphatic hydroxyl groups excluding tert-OH is 1. The molecule has 0 aromatic carbocycles. The summed E-state index contributed by atoms with van der Waals surface area (Å²) in [5, 5.41) is 17.2. The van der Waals surface area contributed by atoms with Crippen molar-refractivity contribution in [2.75, 3.05) is 11.9 Å². The second kappa shape index (κ2) is 9.14. The summed E-state index contributed by atoms with van der Waals surface area (Å²) in [5.74, 6) is 0.941. The molecule has 0 unspecified atom stereocenters. The average molecular weight is 462 g/mol. The summed E-state index contributed by atoms with van der Waals surface area (Å²) >= 11 is 0. The van der Waals surface area contributed by atoms with Crippen LogP contribution in [0.3, 0.4) is 0 Å². The number of fused-ring (bicyclic) bond motifs is 1. The lowest BCUT2D eigenvalue weighted by atomic mass is 9.96. The van der Waals surface area contributed by atoms with E-state index in [0.29, 0.717) is 34.7 Å². The third kappa shape index (κ3) is 4.72. The van der Waals surface area contributed by atoms with Crippen LogP contribution in [0.25, 0.3) is 10.9 Å². The van der Waals surface area contributed by atoms with Crippen LogP contribution in [0.1, 0.15) is 48.3 Å². The number of anilines is 1. The van der Waals surface area contributed by atoms with E-state index >= 15 is 0 Å². The van der Waals surface area contributed by atoms with Gasteiger partial charge in [0.15, 0.2) is 11.6 Å². The summed E-state index contributed by atoms with van der Waals surface area (Å²) in [6.45, 7) is 6.35. The van der Waals surface area contributed by atoms with Gasteiger partial charge in [-0.05, 0) is 18.2 Å². The van der Waals surface area contributed by atoms with Gasteiger partial charge < -0.3 is 15.0 Å². The molecule has 0 aliphatic carbocycles. The van der Waals surface area contributed by atoms with E-state index in [-0.39, 0.29) is 36.0 Å². The van der Waals surface area contributed by atoms with E-state index in [1.807, 2.05) is 25.3 Å². The Bertz CT molecular complexity index is 1360. The first-order chi connectivity index (χ1) is 16.2. The second-order valence-electron chi connectivity index (χ2n) is 9.06. The molecule has 34 heavy (non-hydrogen) atoms. The van der Waals surface area contributed by atoms with Crippen LogP contribution in [-0.2, 0) is 30.2 Å². The number of pyridine rings is 2. The minimum absolute atomic E-state index is 0.0275. The molecule has 4 rings (SSSR count). The monoisotopic (exact) mass is 461 g/mol. The number of carbonyl (C=O) groups is 2. The van der Waals surface area contributed by atoms with E-state index in [9.17, 15) is 14.7 Å². The lowest BCUT2D eigenvalue weighted by Crippen LogP contribution is -2.18. The van der Waals surface area contributed by atoms with E-state index in [1.165, 1.54) is 6.20 Å². The summed E-state index contributed by atoms with van der Waals surface area (Å²) in [5.41, 5.74) is 1.44. The number of aryl methyl sites for hydroxylation is 1. The maximum Gasteiger partial charge on any atom is 0.233 e. The number of hydrogen-bond donors (Lipinski definition) is 2. The van der Waals surface area contributed by atoms with E-state index in [0.717, 1.165) is 5.52 Å². The van der Waals surface area contributed by atoms with Gasteiger partial charge in [-0.3, -0.25) is 19.3 Å². The Morgan fingerprint density at radius 2 is 1.97 bits per heavy atom.